The monoisotopic (exact) mass is 307 g/mol. The number of carbonyl (C=O) groups excluding carboxylic acids is 1. The number of rotatable bonds is 6. The van der Waals surface area contributed by atoms with Gasteiger partial charge in [0, 0.05) is 18.8 Å². The van der Waals surface area contributed by atoms with Crippen LogP contribution in [0, 0.1) is 0 Å². The number of anilines is 1. The first-order chi connectivity index (χ1) is 10.2. The van der Waals surface area contributed by atoms with Gasteiger partial charge in [0.15, 0.2) is 11.0 Å². The maximum Gasteiger partial charge on any atom is 0.341 e. The molecular weight excluding hydrogens is 290 g/mol. The molecule has 1 N–H and O–H groups in total. The van der Waals surface area contributed by atoms with Gasteiger partial charge in [-0.05, 0) is 20.1 Å². The molecule has 0 aromatic carbocycles. The highest BCUT2D eigenvalue weighted by molar-refractivity contribution is 7.98. The van der Waals surface area contributed by atoms with Gasteiger partial charge in [-0.2, -0.15) is 5.10 Å². The number of ether oxygens (including phenoxy) is 1. The van der Waals surface area contributed by atoms with Gasteiger partial charge in [0.25, 0.3) is 0 Å². The summed E-state index contributed by atoms with van der Waals surface area (Å²) in [5.74, 6) is 0.927. The minimum Gasteiger partial charge on any atom is -0.462 e. The average molecular weight is 307 g/mol. The van der Waals surface area contributed by atoms with Crippen molar-refractivity contribution >= 4 is 23.5 Å². The van der Waals surface area contributed by atoms with E-state index in [9.17, 15) is 4.79 Å². The lowest BCUT2D eigenvalue weighted by Crippen LogP contribution is -2.06. The van der Waals surface area contributed by atoms with Crippen LogP contribution in [0.25, 0.3) is 5.82 Å². The van der Waals surface area contributed by atoms with Gasteiger partial charge in [0.2, 0.25) is 0 Å². The quantitative estimate of drug-likeness (QED) is 0.496. The standard InChI is InChI=1S/C13H17N5O2S/c1-4-14-10-6-11(17-13(16-10)21-3)18-8-9(7-15-18)12(19)20-5-2/h6-8H,4-5H2,1-3H3,(H,14,16,17). The first kappa shape index (κ1) is 15.3. The highest BCUT2D eigenvalue weighted by atomic mass is 32.2. The van der Waals surface area contributed by atoms with Gasteiger partial charge >= 0.3 is 5.97 Å². The van der Waals surface area contributed by atoms with E-state index in [0.717, 1.165) is 12.4 Å². The Kier molecular flexibility index (Phi) is 5.15. The molecule has 0 amide bonds. The lowest BCUT2D eigenvalue weighted by molar-refractivity contribution is 0.0526. The Morgan fingerprint density at radius 3 is 2.90 bits per heavy atom. The van der Waals surface area contributed by atoms with Crippen LogP contribution in [0.5, 0.6) is 0 Å². The molecule has 112 valence electrons. The molecule has 0 aliphatic carbocycles. The molecule has 21 heavy (non-hydrogen) atoms. The zero-order chi connectivity index (χ0) is 15.2. The van der Waals surface area contributed by atoms with Gasteiger partial charge in [-0.1, -0.05) is 11.8 Å². The summed E-state index contributed by atoms with van der Waals surface area (Å²) in [5.41, 5.74) is 0.395. The van der Waals surface area contributed by atoms with Crippen molar-refractivity contribution in [1.82, 2.24) is 19.7 Å². The molecule has 0 atom stereocenters. The van der Waals surface area contributed by atoms with Crippen LogP contribution < -0.4 is 5.32 Å². The number of nitrogens with one attached hydrogen (secondary N) is 1. The van der Waals surface area contributed by atoms with Crippen molar-refractivity contribution in [3.8, 4) is 5.82 Å². The Morgan fingerprint density at radius 2 is 2.24 bits per heavy atom. The topological polar surface area (TPSA) is 81.9 Å². The summed E-state index contributed by atoms with van der Waals surface area (Å²) in [6, 6.07) is 1.78. The number of nitrogens with zero attached hydrogens (tertiary/aromatic N) is 4. The predicted molar refractivity (Wildman–Crippen MR) is 81.1 cm³/mol. The molecular formula is C13H17N5O2S. The number of esters is 1. The van der Waals surface area contributed by atoms with E-state index in [1.54, 1.807) is 19.2 Å². The Hall–Kier alpha value is -2.09. The predicted octanol–water partition coefficient (Wildman–Crippen LogP) is 1.99. The van der Waals surface area contributed by atoms with Crippen molar-refractivity contribution in [2.45, 2.75) is 19.0 Å². The molecule has 7 nitrogen and oxygen atoms in total. The molecule has 0 saturated heterocycles. The van der Waals surface area contributed by atoms with E-state index in [-0.39, 0.29) is 0 Å². The number of hydrogen-bond acceptors (Lipinski definition) is 7. The first-order valence-corrected chi connectivity index (χ1v) is 7.79. The molecule has 2 rings (SSSR count). The van der Waals surface area contributed by atoms with Crippen LogP contribution in [0.3, 0.4) is 0 Å². The van der Waals surface area contributed by atoms with Crippen LogP contribution in [0.1, 0.15) is 24.2 Å². The molecule has 0 spiro atoms. The summed E-state index contributed by atoms with van der Waals surface area (Å²) < 4.78 is 6.48. The maximum atomic E-state index is 11.7. The van der Waals surface area contributed by atoms with Crippen molar-refractivity contribution in [3.63, 3.8) is 0 Å². The van der Waals surface area contributed by atoms with Gasteiger partial charge in [0.05, 0.1) is 18.4 Å². The smallest absolute Gasteiger partial charge is 0.341 e. The number of hydrogen-bond donors (Lipinski definition) is 1. The molecule has 0 aliphatic heterocycles. The normalized spacial score (nSPS) is 10.4. The van der Waals surface area contributed by atoms with E-state index >= 15 is 0 Å². The summed E-state index contributed by atoms with van der Waals surface area (Å²) in [4.78, 5) is 20.4. The summed E-state index contributed by atoms with van der Waals surface area (Å²) in [6.45, 7) is 4.85. The van der Waals surface area contributed by atoms with Gasteiger partial charge in [-0.15, -0.1) is 0 Å². The second kappa shape index (κ2) is 7.07. The van der Waals surface area contributed by atoms with E-state index in [4.69, 9.17) is 4.74 Å². The molecule has 2 aromatic rings. The molecule has 8 heteroatoms. The fourth-order valence-corrected chi connectivity index (χ4v) is 2.04. The highest BCUT2D eigenvalue weighted by Gasteiger charge is 2.12. The van der Waals surface area contributed by atoms with Gasteiger partial charge < -0.3 is 10.1 Å². The third-order valence-corrected chi connectivity index (χ3v) is 3.11. The summed E-state index contributed by atoms with van der Waals surface area (Å²) in [5, 5.41) is 7.94. The second-order valence-corrected chi connectivity index (χ2v) is 4.80. The Bertz CT molecular complexity index is 629. The van der Waals surface area contributed by atoms with E-state index < -0.39 is 5.97 Å². The minimum atomic E-state index is -0.394. The minimum absolute atomic E-state index is 0.332. The van der Waals surface area contributed by atoms with Gasteiger partial charge in [0.1, 0.15) is 5.82 Å². The lowest BCUT2D eigenvalue weighted by atomic mass is 10.4. The molecule has 2 aromatic heterocycles. The van der Waals surface area contributed by atoms with Crippen LogP contribution in [0.2, 0.25) is 0 Å². The van der Waals surface area contributed by atoms with Gasteiger partial charge in [-0.3, -0.25) is 0 Å². The van der Waals surface area contributed by atoms with Crippen LogP contribution >= 0.6 is 11.8 Å². The number of thioether (sulfide) groups is 1. The summed E-state index contributed by atoms with van der Waals surface area (Å²) >= 11 is 1.44. The van der Waals surface area contributed by atoms with Crippen LogP contribution in [0.4, 0.5) is 5.82 Å². The molecule has 0 saturated carbocycles. The van der Waals surface area contributed by atoms with Crippen molar-refractivity contribution in [2.24, 2.45) is 0 Å². The first-order valence-electron chi connectivity index (χ1n) is 6.57. The van der Waals surface area contributed by atoms with Crippen molar-refractivity contribution in [1.29, 1.82) is 0 Å². The van der Waals surface area contributed by atoms with Crippen LogP contribution in [0.15, 0.2) is 23.6 Å². The third kappa shape index (κ3) is 3.72. The van der Waals surface area contributed by atoms with Crippen LogP contribution in [-0.2, 0) is 4.74 Å². The van der Waals surface area contributed by atoms with E-state index in [0.29, 0.717) is 23.1 Å². The molecule has 0 fully saturated rings. The second-order valence-electron chi connectivity index (χ2n) is 4.02. The third-order valence-electron chi connectivity index (χ3n) is 2.56. The van der Waals surface area contributed by atoms with E-state index in [1.807, 2.05) is 13.2 Å². The Morgan fingerprint density at radius 1 is 1.43 bits per heavy atom. The fraction of sp³-hybridized carbons (Fsp3) is 0.385. The zero-order valence-corrected chi connectivity index (χ0v) is 13.0. The van der Waals surface area contributed by atoms with E-state index in [2.05, 4.69) is 20.4 Å². The fourth-order valence-electron chi connectivity index (χ4n) is 1.66. The van der Waals surface area contributed by atoms with E-state index in [1.165, 1.54) is 22.6 Å². The Labute approximate surface area is 127 Å². The SMILES string of the molecule is CCNc1cc(-n2cc(C(=O)OCC)cn2)nc(SC)n1. The van der Waals surface area contributed by atoms with Crippen molar-refractivity contribution in [3.05, 3.63) is 24.0 Å². The highest BCUT2D eigenvalue weighted by Crippen LogP contribution is 2.17. The number of carbonyl (C=O) groups is 1. The molecule has 2 heterocycles. The molecule has 0 bridgehead atoms. The molecule has 0 unspecified atom stereocenters. The number of aromatic nitrogens is 4. The summed E-state index contributed by atoms with van der Waals surface area (Å²) in [7, 11) is 0. The van der Waals surface area contributed by atoms with Crippen LogP contribution in [-0.4, -0.2) is 45.1 Å². The molecule has 0 radical (unpaired) electrons. The van der Waals surface area contributed by atoms with Crippen molar-refractivity contribution in [2.75, 3.05) is 24.7 Å². The average Bonchev–Trinajstić information content (AvgIpc) is 2.97. The Balaban J connectivity index is 2.32. The van der Waals surface area contributed by atoms with Crippen molar-refractivity contribution < 1.29 is 9.53 Å². The largest absolute Gasteiger partial charge is 0.462 e. The molecule has 0 aliphatic rings. The lowest BCUT2D eigenvalue weighted by Gasteiger charge is -2.07. The zero-order valence-electron chi connectivity index (χ0n) is 12.2. The van der Waals surface area contributed by atoms with Gasteiger partial charge in [-0.25, -0.2) is 19.4 Å². The maximum absolute atomic E-state index is 11.7. The summed E-state index contributed by atoms with van der Waals surface area (Å²) in [6.07, 6.45) is 4.97.